The van der Waals surface area contributed by atoms with Gasteiger partial charge in [0, 0.05) is 37.1 Å². The van der Waals surface area contributed by atoms with Crippen LogP contribution >= 0.6 is 11.6 Å². The van der Waals surface area contributed by atoms with Gasteiger partial charge in [-0.15, -0.1) is 5.10 Å². The normalized spacial score (nSPS) is 13.7. The molecule has 1 fully saturated rings. The summed E-state index contributed by atoms with van der Waals surface area (Å²) < 4.78 is 69.7. The molecule has 6 aromatic rings. The summed E-state index contributed by atoms with van der Waals surface area (Å²) in [5.41, 5.74) is -0.159. The van der Waals surface area contributed by atoms with E-state index in [9.17, 15) is 41.4 Å². The predicted octanol–water partition coefficient (Wildman–Crippen LogP) is 4.81. The van der Waals surface area contributed by atoms with Crippen LogP contribution in [0.5, 0.6) is 5.75 Å². The third-order valence-corrected chi connectivity index (χ3v) is 9.65. The van der Waals surface area contributed by atoms with Crippen LogP contribution in [0.2, 0.25) is 5.02 Å². The molecule has 292 valence electrons. The topological polar surface area (TPSA) is 169 Å². The first-order chi connectivity index (χ1) is 26.6. The Balaban J connectivity index is 1.27. The number of hydrogen-bond donors (Lipinski definition) is 2. The minimum absolute atomic E-state index is 0.0313. The molecule has 1 saturated heterocycles. The van der Waals surface area contributed by atoms with Crippen molar-refractivity contribution in [3.05, 3.63) is 86.9 Å². The molecule has 5 heterocycles. The number of nitrogens with one attached hydrogen (secondary N) is 1. The molecule has 0 atom stereocenters. The maximum atomic E-state index is 14.4. The quantitative estimate of drug-likeness (QED) is 0.194. The summed E-state index contributed by atoms with van der Waals surface area (Å²) in [6.07, 6.45) is -4.48. The summed E-state index contributed by atoms with van der Waals surface area (Å²) in [5.74, 6) is -1.52. The lowest BCUT2D eigenvalue weighted by Gasteiger charge is -2.36. The number of rotatable bonds is 9. The van der Waals surface area contributed by atoms with E-state index in [2.05, 4.69) is 30.5 Å². The molecule has 2 N–H and O–H groups in total. The second kappa shape index (κ2) is 14.8. The number of hydrogen-bond acceptors (Lipinski definition) is 10. The van der Waals surface area contributed by atoms with E-state index in [-0.39, 0.29) is 77.7 Å². The molecule has 15 nitrogen and oxygen atoms in total. The van der Waals surface area contributed by atoms with Crippen LogP contribution in [-0.2, 0) is 30.5 Å². The minimum Gasteiger partial charge on any atom is -0.504 e. The molecule has 0 radical (unpaired) electrons. The van der Waals surface area contributed by atoms with Gasteiger partial charge in [0.2, 0.25) is 11.7 Å². The molecule has 56 heavy (non-hydrogen) atoms. The van der Waals surface area contributed by atoms with Crippen LogP contribution in [0.15, 0.2) is 53.7 Å². The van der Waals surface area contributed by atoms with Gasteiger partial charge in [-0.1, -0.05) is 18.5 Å². The Labute approximate surface area is 318 Å². The molecule has 2 aromatic carbocycles. The molecule has 7 rings (SSSR count). The molecule has 0 bridgehead atoms. The Hall–Kier alpha value is -6.18. The van der Waals surface area contributed by atoms with Crippen molar-refractivity contribution in [3.8, 4) is 17.1 Å². The zero-order chi connectivity index (χ0) is 40.1. The van der Waals surface area contributed by atoms with Gasteiger partial charge in [0.15, 0.2) is 17.3 Å². The van der Waals surface area contributed by atoms with Gasteiger partial charge in [0.1, 0.15) is 25.1 Å². The van der Waals surface area contributed by atoms with Crippen molar-refractivity contribution in [1.82, 2.24) is 43.8 Å². The van der Waals surface area contributed by atoms with E-state index in [4.69, 9.17) is 11.6 Å². The van der Waals surface area contributed by atoms with Crippen LogP contribution in [0, 0.1) is 6.92 Å². The standard InChI is InChI=1S/C35H31ClF5N11O4/c1-3-24-29(48-8-10-49(11-9-48)32(55)28-30(54)18(2)42-17-43-28)33(56)52-34(50(24)16-27(53)45-23-6-5-21(13-22(23)36)35(39,40)41)46-31(47-52)19-4-7-25-20(12-19)14-44-51(25)15-26(37)38/h4-7,12-14,17,26,54H,3,8-11,15-16H2,1-2H3,(H,45,53). The van der Waals surface area contributed by atoms with Crippen LogP contribution in [0.3, 0.4) is 0 Å². The summed E-state index contributed by atoms with van der Waals surface area (Å²) in [4.78, 5) is 56.9. The Kier molecular flexibility index (Phi) is 10.1. The van der Waals surface area contributed by atoms with Crippen molar-refractivity contribution in [2.45, 2.75) is 46.0 Å². The summed E-state index contributed by atoms with van der Waals surface area (Å²) in [5, 5.41) is 21.6. The number of nitrogens with zero attached hydrogens (tertiary/aromatic N) is 10. The number of amides is 2. The molecule has 0 spiro atoms. The van der Waals surface area contributed by atoms with Crippen LogP contribution in [0.1, 0.15) is 34.4 Å². The highest BCUT2D eigenvalue weighted by Crippen LogP contribution is 2.34. The second-order valence-corrected chi connectivity index (χ2v) is 13.3. The molecular formula is C35H31ClF5N11O4. The Bertz CT molecular complexity index is 2560. The number of aromatic nitrogens is 8. The van der Waals surface area contributed by atoms with E-state index < -0.39 is 48.6 Å². The number of anilines is 2. The maximum absolute atomic E-state index is 14.4. The third-order valence-electron chi connectivity index (χ3n) is 9.33. The third kappa shape index (κ3) is 7.18. The van der Waals surface area contributed by atoms with Crippen molar-refractivity contribution in [3.63, 3.8) is 0 Å². The molecule has 0 aliphatic carbocycles. The maximum Gasteiger partial charge on any atom is 0.416 e. The minimum atomic E-state index is -4.65. The fourth-order valence-electron chi connectivity index (χ4n) is 6.59. The highest BCUT2D eigenvalue weighted by atomic mass is 35.5. The van der Waals surface area contributed by atoms with Gasteiger partial charge in [-0.3, -0.25) is 19.1 Å². The van der Waals surface area contributed by atoms with Gasteiger partial charge in [-0.2, -0.15) is 27.8 Å². The molecule has 0 saturated carbocycles. The van der Waals surface area contributed by atoms with Gasteiger partial charge in [-0.05, 0) is 49.7 Å². The molecule has 2 amide bonds. The van der Waals surface area contributed by atoms with E-state index in [0.29, 0.717) is 28.2 Å². The van der Waals surface area contributed by atoms with Gasteiger partial charge in [0.05, 0.1) is 39.4 Å². The Morgan fingerprint density at radius 3 is 2.48 bits per heavy atom. The predicted molar refractivity (Wildman–Crippen MR) is 193 cm³/mol. The van der Waals surface area contributed by atoms with Gasteiger partial charge < -0.3 is 24.8 Å². The van der Waals surface area contributed by atoms with Crippen LogP contribution in [-0.4, -0.2) is 93.3 Å². The summed E-state index contributed by atoms with van der Waals surface area (Å²) >= 11 is 6.12. The summed E-state index contributed by atoms with van der Waals surface area (Å²) in [6.45, 7) is 2.82. The first kappa shape index (κ1) is 38.1. The number of aromatic hydroxyl groups is 1. The van der Waals surface area contributed by atoms with Gasteiger partial charge in [-0.25, -0.2) is 18.7 Å². The molecule has 21 heteroatoms. The fraction of sp³-hybridized carbons (Fsp3) is 0.314. The highest BCUT2D eigenvalue weighted by Gasteiger charge is 2.32. The van der Waals surface area contributed by atoms with Crippen LogP contribution < -0.4 is 15.8 Å². The van der Waals surface area contributed by atoms with Gasteiger partial charge >= 0.3 is 6.18 Å². The second-order valence-electron chi connectivity index (χ2n) is 12.9. The SMILES string of the molecule is CCc1c(N2CCN(C(=O)c3ncnc(C)c3O)CC2)c(=O)n2nc(-c3ccc4c(cnn4CC(F)F)c3)nc2n1CC(=O)Nc1ccc(C(F)(F)F)cc1Cl. The number of alkyl halides is 5. The van der Waals surface area contributed by atoms with E-state index in [1.807, 2.05) is 0 Å². The van der Waals surface area contributed by atoms with Crippen LogP contribution in [0.25, 0.3) is 28.1 Å². The fourth-order valence-corrected chi connectivity index (χ4v) is 6.81. The van der Waals surface area contributed by atoms with Gasteiger partial charge in [0.25, 0.3) is 17.9 Å². The lowest BCUT2D eigenvalue weighted by atomic mass is 10.1. The number of carbonyl (C=O) groups excluding carboxylic acids is 2. The lowest BCUT2D eigenvalue weighted by Crippen LogP contribution is -2.51. The smallest absolute Gasteiger partial charge is 0.416 e. The largest absolute Gasteiger partial charge is 0.504 e. The molecule has 0 unspecified atom stereocenters. The molecule has 1 aliphatic heterocycles. The number of carbonyl (C=O) groups is 2. The van der Waals surface area contributed by atoms with Crippen molar-refractivity contribution in [1.29, 1.82) is 0 Å². The molecule has 4 aromatic heterocycles. The highest BCUT2D eigenvalue weighted by molar-refractivity contribution is 6.33. The van der Waals surface area contributed by atoms with Crippen molar-refractivity contribution in [2.75, 3.05) is 36.4 Å². The average Bonchev–Trinajstić information content (AvgIpc) is 3.78. The van der Waals surface area contributed by atoms with E-state index in [1.54, 1.807) is 30.0 Å². The number of fused-ring (bicyclic) bond motifs is 2. The van der Waals surface area contributed by atoms with E-state index in [1.165, 1.54) is 28.9 Å². The zero-order valence-electron chi connectivity index (χ0n) is 29.6. The summed E-state index contributed by atoms with van der Waals surface area (Å²) in [6, 6.07) is 7.30. The summed E-state index contributed by atoms with van der Waals surface area (Å²) in [7, 11) is 0. The van der Waals surface area contributed by atoms with Crippen molar-refractivity contribution in [2.24, 2.45) is 0 Å². The average molecular weight is 800 g/mol. The Morgan fingerprint density at radius 1 is 1.05 bits per heavy atom. The molecular weight excluding hydrogens is 769 g/mol. The lowest BCUT2D eigenvalue weighted by molar-refractivity contribution is -0.137. The first-order valence-electron chi connectivity index (χ1n) is 17.1. The number of piperazine rings is 1. The number of aryl methyl sites for hydroxylation is 1. The monoisotopic (exact) mass is 799 g/mol. The number of benzene rings is 2. The van der Waals surface area contributed by atoms with Crippen molar-refractivity contribution < 1.29 is 36.6 Å². The number of halogens is 6. The van der Waals surface area contributed by atoms with Crippen LogP contribution in [0.4, 0.5) is 33.3 Å². The van der Waals surface area contributed by atoms with E-state index >= 15 is 0 Å². The first-order valence-corrected chi connectivity index (χ1v) is 17.5. The van der Waals surface area contributed by atoms with Crippen molar-refractivity contribution >= 4 is 51.5 Å². The molecule has 1 aliphatic rings. The van der Waals surface area contributed by atoms with E-state index in [0.717, 1.165) is 21.3 Å². The Morgan fingerprint density at radius 2 is 1.80 bits per heavy atom. The zero-order valence-corrected chi connectivity index (χ0v) is 30.3.